The van der Waals surface area contributed by atoms with Gasteiger partial charge in [-0.2, -0.15) is 4.91 Å². The summed E-state index contributed by atoms with van der Waals surface area (Å²) in [5, 5.41) is 3.17. The van der Waals surface area contributed by atoms with Gasteiger partial charge in [0.25, 0.3) is 0 Å². The summed E-state index contributed by atoms with van der Waals surface area (Å²) < 4.78 is 0. The van der Waals surface area contributed by atoms with Gasteiger partial charge in [-0.25, -0.2) is 0 Å². The summed E-state index contributed by atoms with van der Waals surface area (Å²) in [4.78, 5) is 10.6. The van der Waals surface area contributed by atoms with Gasteiger partial charge < -0.3 is 5.73 Å². The third-order valence-electron chi connectivity index (χ3n) is 6.05. The van der Waals surface area contributed by atoms with Crippen LogP contribution in [-0.2, 0) is 0 Å². The Kier molecular flexibility index (Phi) is 13.7. The number of hydrogen-bond acceptors (Lipinski definition) is 3. The highest BCUT2D eigenvalue weighted by atomic mass is 16.3. The quantitative estimate of drug-likeness (QED) is 0.262. The number of unbranched alkanes of at least 4 members (excludes halogenated alkanes) is 5. The summed E-state index contributed by atoms with van der Waals surface area (Å²) in [6.45, 7) is 9.38. The zero-order chi connectivity index (χ0) is 17.6. The van der Waals surface area contributed by atoms with Crippen molar-refractivity contribution in [2.24, 2.45) is 22.2 Å². The number of nitrogens with zero attached hydrogens (tertiary/aromatic N) is 1. The van der Waals surface area contributed by atoms with Gasteiger partial charge in [0.2, 0.25) is 0 Å². The lowest BCUT2D eigenvalue weighted by Crippen LogP contribution is -2.29. The van der Waals surface area contributed by atoms with E-state index in [1.165, 1.54) is 57.8 Å². The number of nitroso groups, excluding NO2 is 1. The van der Waals surface area contributed by atoms with Crippen LogP contribution < -0.4 is 5.73 Å². The molecule has 2 N–H and O–H groups in total. The van der Waals surface area contributed by atoms with Gasteiger partial charge >= 0.3 is 0 Å². The van der Waals surface area contributed by atoms with Crippen LogP contribution in [0.25, 0.3) is 0 Å². The van der Waals surface area contributed by atoms with Crippen LogP contribution in [0, 0.1) is 16.2 Å². The molecular weight excluding hydrogens is 284 g/mol. The van der Waals surface area contributed by atoms with Gasteiger partial charge in [-0.15, -0.1) is 0 Å². The summed E-state index contributed by atoms with van der Waals surface area (Å²) in [5.74, 6) is 0.706. The van der Waals surface area contributed by atoms with Gasteiger partial charge in [0.05, 0.1) is 6.54 Å². The van der Waals surface area contributed by atoms with Crippen LogP contribution in [0.1, 0.15) is 105 Å². The van der Waals surface area contributed by atoms with E-state index in [0.717, 1.165) is 19.3 Å². The first-order chi connectivity index (χ1) is 11.1. The van der Waals surface area contributed by atoms with Gasteiger partial charge in [-0.1, -0.05) is 84.2 Å². The van der Waals surface area contributed by atoms with E-state index in [1.807, 2.05) is 0 Å². The zero-order valence-corrected chi connectivity index (χ0v) is 16.3. The molecule has 138 valence electrons. The summed E-state index contributed by atoms with van der Waals surface area (Å²) in [5.41, 5.74) is 6.44. The Morgan fingerprint density at radius 1 is 0.870 bits per heavy atom. The predicted octanol–water partition coefficient (Wildman–Crippen LogP) is 6.44. The molecule has 0 saturated carbocycles. The third kappa shape index (κ3) is 9.44. The molecule has 0 spiro atoms. The topological polar surface area (TPSA) is 55.4 Å². The molecule has 3 heteroatoms. The van der Waals surface area contributed by atoms with Gasteiger partial charge in [0.1, 0.15) is 0 Å². The SMILES string of the molecule is CCC(CC)C(N)CCCCCCCCC(CC)(CC)CN=O. The van der Waals surface area contributed by atoms with E-state index in [0.29, 0.717) is 18.5 Å². The maximum absolute atomic E-state index is 10.6. The maximum Gasteiger partial charge on any atom is 0.0867 e. The largest absolute Gasteiger partial charge is 0.327 e. The van der Waals surface area contributed by atoms with Gasteiger partial charge in [-0.3, -0.25) is 0 Å². The second-order valence-electron chi connectivity index (χ2n) is 7.39. The Morgan fingerprint density at radius 2 is 1.39 bits per heavy atom. The Balaban J connectivity index is 3.68. The standard InChI is InChI=1S/C20H42N2O/c1-5-18(6-2)19(21)15-13-11-9-10-12-14-16-20(7-3,8-4)17-22-23/h18-19H,5-17,21H2,1-4H3. The first-order valence-electron chi connectivity index (χ1n) is 10.1. The first-order valence-corrected chi connectivity index (χ1v) is 10.1. The second-order valence-corrected chi connectivity index (χ2v) is 7.39. The molecule has 0 fully saturated rings. The predicted molar refractivity (Wildman–Crippen MR) is 103 cm³/mol. The van der Waals surface area contributed by atoms with Crippen LogP contribution in [0.15, 0.2) is 5.18 Å². The van der Waals surface area contributed by atoms with Crippen LogP contribution in [0.2, 0.25) is 0 Å². The van der Waals surface area contributed by atoms with Crippen LogP contribution in [0.5, 0.6) is 0 Å². The monoisotopic (exact) mass is 326 g/mol. The normalized spacial score (nSPS) is 13.5. The van der Waals surface area contributed by atoms with Crippen LogP contribution in [0.3, 0.4) is 0 Å². The van der Waals surface area contributed by atoms with Crippen molar-refractivity contribution in [3.05, 3.63) is 4.91 Å². The summed E-state index contributed by atoms with van der Waals surface area (Å²) >= 11 is 0. The highest BCUT2D eigenvalue weighted by Gasteiger charge is 2.25. The fourth-order valence-electron chi connectivity index (χ4n) is 3.76. The van der Waals surface area contributed by atoms with E-state index in [2.05, 4.69) is 32.9 Å². The first kappa shape index (κ1) is 22.6. The van der Waals surface area contributed by atoms with E-state index < -0.39 is 0 Å². The van der Waals surface area contributed by atoms with E-state index in [9.17, 15) is 4.91 Å². The summed E-state index contributed by atoms with van der Waals surface area (Å²) in [6, 6.07) is 0.399. The maximum atomic E-state index is 10.6. The number of nitrogens with two attached hydrogens (primary N) is 1. The van der Waals surface area contributed by atoms with Crippen molar-refractivity contribution >= 4 is 0 Å². The van der Waals surface area contributed by atoms with E-state index in [4.69, 9.17) is 5.73 Å². The molecule has 0 aliphatic carbocycles. The van der Waals surface area contributed by atoms with Gasteiger partial charge in [0, 0.05) is 6.04 Å². The van der Waals surface area contributed by atoms with Crippen molar-refractivity contribution in [2.45, 2.75) is 111 Å². The molecule has 0 aromatic carbocycles. The molecule has 0 amide bonds. The van der Waals surface area contributed by atoms with E-state index >= 15 is 0 Å². The molecular formula is C20H42N2O. The van der Waals surface area contributed by atoms with Crippen molar-refractivity contribution in [3.8, 4) is 0 Å². The van der Waals surface area contributed by atoms with Gasteiger partial charge in [0.15, 0.2) is 0 Å². The molecule has 1 unspecified atom stereocenters. The minimum Gasteiger partial charge on any atom is -0.327 e. The molecule has 3 nitrogen and oxygen atoms in total. The molecule has 23 heavy (non-hydrogen) atoms. The molecule has 0 heterocycles. The lowest BCUT2D eigenvalue weighted by atomic mass is 9.78. The molecule has 0 aromatic rings. The minimum atomic E-state index is 0.170. The van der Waals surface area contributed by atoms with Crippen LogP contribution in [-0.4, -0.2) is 12.6 Å². The van der Waals surface area contributed by atoms with Gasteiger partial charge in [-0.05, 0) is 37.0 Å². The molecule has 0 saturated heterocycles. The minimum absolute atomic E-state index is 0.170. The third-order valence-corrected chi connectivity index (χ3v) is 6.05. The highest BCUT2D eigenvalue weighted by Crippen LogP contribution is 2.33. The van der Waals surface area contributed by atoms with E-state index in [1.54, 1.807) is 0 Å². The lowest BCUT2D eigenvalue weighted by molar-refractivity contribution is 0.240. The number of hydrogen-bond donors (Lipinski definition) is 1. The van der Waals surface area contributed by atoms with Crippen LogP contribution in [0.4, 0.5) is 0 Å². The highest BCUT2D eigenvalue weighted by molar-refractivity contribution is 4.78. The van der Waals surface area contributed by atoms with Crippen molar-refractivity contribution in [3.63, 3.8) is 0 Å². The smallest absolute Gasteiger partial charge is 0.0867 e. The Labute approximate surface area is 145 Å². The fourth-order valence-corrected chi connectivity index (χ4v) is 3.76. The molecule has 0 aliphatic rings. The molecule has 0 rings (SSSR count). The fraction of sp³-hybridized carbons (Fsp3) is 1.00. The molecule has 1 atom stereocenters. The average Bonchev–Trinajstić information content (AvgIpc) is 2.57. The summed E-state index contributed by atoms with van der Waals surface area (Å²) in [7, 11) is 0. The van der Waals surface area contributed by atoms with Crippen molar-refractivity contribution in [1.29, 1.82) is 0 Å². The Bertz CT molecular complexity index is 273. The zero-order valence-electron chi connectivity index (χ0n) is 16.3. The van der Waals surface area contributed by atoms with Crippen LogP contribution >= 0.6 is 0 Å². The molecule has 0 radical (unpaired) electrons. The molecule has 0 aromatic heterocycles. The Morgan fingerprint density at radius 3 is 1.87 bits per heavy atom. The summed E-state index contributed by atoms with van der Waals surface area (Å²) in [6.07, 6.45) is 14.7. The second kappa shape index (κ2) is 13.9. The number of rotatable bonds is 16. The molecule has 0 aliphatic heterocycles. The lowest BCUT2D eigenvalue weighted by Gasteiger charge is -2.28. The van der Waals surface area contributed by atoms with Crippen molar-refractivity contribution < 1.29 is 0 Å². The van der Waals surface area contributed by atoms with E-state index in [-0.39, 0.29) is 5.41 Å². The van der Waals surface area contributed by atoms with Crippen molar-refractivity contribution in [1.82, 2.24) is 0 Å². The average molecular weight is 327 g/mol. The Hall–Kier alpha value is -0.440. The van der Waals surface area contributed by atoms with Crippen molar-refractivity contribution in [2.75, 3.05) is 6.54 Å². The molecule has 0 bridgehead atoms.